The Morgan fingerprint density at radius 1 is 1.00 bits per heavy atom. The molecule has 164 valence electrons. The van der Waals surface area contributed by atoms with Gasteiger partial charge >= 0.3 is 18.2 Å². The Bertz CT molecular complexity index is 880. The van der Waals surface area contributed by atoms with Crippen LogP contribution in [0.1, 0.15) is 0 Å². The van der Waals surface area contributed by atoms with Gasteiger partial charge in [-0.25, -0.2) is 4.79 Å². The molecule has 0 saturated carbocycles. The number of benzene rings is 2. The minimum absolute atomic E-state index is 0.154. The van der Waals surface area contributed by atoms with Crippen molar-refractivity contribution in [2.24, 2.45) is 0 Å². The van der Waals surface area contributed by atoms with E-state index in [4.69, 9.17) is 32.7 Å². The molecular weight excluding hydrogens is 460 g/mol. The Morgan fingerprint density at radius 2 is 1.70 bits per heavy atom. The standard InChI is InChI=1S/C18H14Cl2F5NO4/c19-11-2-1-3-12(8-11)30-13-4-5-15(14(20)9-13)28-7-6-26-16(27)29-10-17(21,22)18(23,24)25/h1-5,8-9H,6-7,10H2,(H,26,27). The van der Waals surface area contributed by atoms with Gasteiger partial charge in [-0.05, 0) is 30.3 Å². The third-order valence-corrected chi connectivity index (χ3v) is 3.89. The Labute approximate surface area is 177 Å². The van der Waals surface area contributed by atoms with Gasteiger partial charge in [-0.3, -0.25) is 0 Å². The number of alkyl halides is 5. The topological polar surface area (TPSA) is 56.8 Å². The minimum Gasteiger partial charge on any atom is -0.490 e. The maximum atomic E-state index is 12.6. The largest absolute Gasteiger partial charge is 0.490 e. The molecule has 5 nitrogen and oxygen atoms in total. The average Bonchev–Trinajstić information content (AvgIpc) is 2.64. The molecule has 0 aliphatic carbocycles. The van der Waals surface area contributed by atoms with Crippen molar-refractivity contribution in [2.75, 3.05) is 19.8 Å². The molecule has 0 spiro atoms. The first kappa shape index (κ1) is 23.8. The Morgan fingerprint density at radius 3 is 2.33 bits per heavy atom. The molecule has 0 radical (unpaired) electrons. The van der Waals surface area contributed by atoms with Crippen LogP contribution in [0.15, 0.2) is 42.5 Å². The van der Waals surface area contributed by atoms with E-state index < -0.39 is 24.8 Å². The van der Waals surface area contributed by atoms with Crippen LogP contribution in [0, 0.1) is 0 Å². The third-order valence-electron chi connectivity index (χ3n) is 3.36. The Hall–Kier alpha value is -2.46. The highest BCUT2D eigenvalue weighted by atomic mass is 35.5. The maximum absolute atomic E-state index is 12.6. The fourth-order valence-electron chi connectivity index (χ4n) is 1.93. The third kappa shape index (κ3) is 7.10. The molecule has 0 fully saturated rings. The van der Waals surface area contributed by atoms with Crippen molar-refractivity contribution in [1.29, 1.82) is 0 Å². The van der Waals surface area contributed by atoms with E-state index in [9.17, 15) is 26.7 Å². The number of halogens is 7. The van der Waals surface area contributed by atoms with E-state index in [1.807, 2.05) is 5.32 Å². The molecule has 2 aromatic rings. The molecule has 2 rings (SSSR count). The average molecular weight is 474 g/mol. The van der Waals surface area contributed by atoms with Crippen LogP contribution >= 0.6 is 23.2 Å². The van der Waals surface area contributed by atoms with E-state index in [2.05, 4.69) is 4.74 Å². The van der Waals surface area contributed by atoms with Gasteiger partial charge in [-0.15, -0.1) is 0 Å². The zero-order chi connectivity index (χ0) is 22.4. The van der Waals surface area contributed by atoms with Crippen LogP contribution in [-0.4, -0.2) is 38.0 Å². The highest BCUT2D eigenvalue weighted by Crippen LogP contribution is 2.35. The minimum atomic E-state index is -5.81. The van der Waals surface area contributed by atoms with E-state index in [-0.39, 0.29) is 23.9 Å². The van der Waals surface area contributed by atoms with Gasteiger partial charge in [0.2, 0.25) is 0 Å². The summed E-state index contributed by atoms with van der Waals surface area (Å²) < 4.78 is 76.0. The summed E-state index contributed by atoms with van der Waals surface area (Å²) in [5, 5.41) is 2.65. The van der Waals surface area contributed by atoms with Gasteiger partial charge in [0.25, 0.3) is 0 Å². The van der Waals surface area contributed by atoms with Crippen molar-refractivity contribution in [3.8, 4) is 17.2 Å². The van der Waals surface area contributed by atoms with Crippen LogP contribution in [0.5, 0.6) is 17.2 Å². The second-order valence-electron chi connectivity index (χ2n) is 5.71. The number of alkyl carbamates (subject to hydrolysis) is 1. The number of carbonyl (C=O) groups is 1. The molecule has 0 bridgehead atoms. The molecule has 1 amide bonds. The number of ether oxygens (including phenoxy) is 3. The molecule has 0 aromatic heterocycles. The van der Waals surface area contributed by atoms with E-state index >= 15 is 0 Å². The lowest BCUT2D eigenvalue weighted by atomic mass is 10.3. The van der Waals surface area contributed by atoms with Gasteiger partial charge in [0, 0.05) is 11.1 Å². The van der Waals surface area contributed by atoms with Crippen molar-refractivity contribution < 1.29 is 41.0 Å². The lowest BCUT2D eigenvalue weighted by Crippen LogP contribution is -2.42. The van der Waals surface area contributed by atoms with Gasteiger partial charge in [-0.2, -0.15) is 22.0 Å². The number of hydrogen-bond donors (Lipinski definition) is 1. The normalized spacial score (nSPS) is 11.7. The fraction of sp³-hybridized carbons (Fsp3) is 0.278. The Kier molecular flexibility index (Phi) is 7.96. The van der Waals surface area contributed by atoms with Crippen LogP contribution in [-0.2, 0) is 4.74 Å². The zero-order valence-electron chi connectivity index (χ0n) is 14.9. The molecule has 1 N–H and O–H groups in total. The van der Waals surface area contributed by atoms with Crippen molar-refractivity contribution in [3.63, 3.8) is 0 Å². The number of rotatable bonds is 8. The molecule has 0 aliphatic heterocycles. The van der Waals surface area contributed by atoms with Crippen LogP contribution in [0.3, 0.4) is 0 Å². The second kappa shape index (κ2) is 10.0. The number of hydrogen-bond acceptors (Lipinski definition) is 4. The molecule has 0 atom stereocenters. The summed E-state index contributed by atoms with van der Waals surface area (Å²) in [4.78, 5) is 11.2. The summed E-state index contributed by atoms with van der Waals surface area (Å²) in [6, 6.07) is 11.2. The van der Waals surface area contributed by atoms with E-state index in [0.717, 1.165) is 0 Å². The van der Waals surface area contributed by atoms with Gasteiger partial charge in [-0.1, -0.05) is 29.3 Å². The van der Waals surface area contributed by atoms with Crippen molar-refractivity contribution >= 4 is 29.3 Å². The summed E-state index contributed by atoms with van der Waals surface area (Å²) in [5.74, 6) is -4.01. The summed E-state index contributed by atoms with van der Waals surface area (Å²) in [7, 11) is 0. The first-order valence-electron chi connectivity index (χ1n) is 8.19. The lowest BCUT2D eigenvalue weighted by molar-refractivity contribution is -0.292. The predicted octanol–water partition coefficient (Wildman–Crippen LogP) is 6.09. The number of carbonyl (C=O) groups excluding carboxylic acids is 1. The molecular formula is C18H14Cl2F5NO4. The smallest absolute Gasteiger partial charge is 0.456 e. The second-order valence-corrected chi connectivity index (χ2v) is 6.55. The van der Waals surface area contributed by atoms with Crippen LogP contribution in [0.4, 0.5) is 26.7 Å². The van der Waals surface area contributed by atoms with Crippen molar-refractivity contribution in [3.05, 3.63) is 52.5 Å². The van der Waals surface area contributed by atoms with Crippen LogP contribution < -0.4 is 14.8 Å². The maximum Gasteiger partial charge on any atom is 0.456 e. The molecule has 0 saturated heterocycles. The van der Waals surface area contributed by atoms with Gasteiger partial charge < -0.3 is 19.5 Å². The van der Waals surface area contributed by atoms with Crippen molar-refractivity contribution in [2.45, 2.75) is 12.1 Å². The number of nitrogens with one attached hydrogen (secondary N) is 1. The van der Waals surface area contributed by atoms with Crippen molar-refractivity contribution in [1.82, 2.24) is 5.32 Å². The quantitative estimate of drug-likeness (QED) is 0.372. The SMILES string of the molecule is O=C(NCCOc1ccc(Oc2cccc(Cl)c2)cc1Cl)OCC(F)(F)C(F)(F)F. The Balaban J connectivity index is 1.76. The van der Waals surface area contributed by atoms with Gasteiger partial charge in [0.05, 0.1) is 11.6 Å². The highest BCUT2D eigenvalue weighted by Gasteiger charge is 2.58. The first-order valence-corrected chi connectivity index (χ1v) is 8.94. The molecule has 30 heavy (non-hydrogen) atoms. The molecule has 0 heterocycles. The van der Waals surface area contributed by atoms with Gasteiger partial charge in [0.15, 0.2) is 6.61 Å². The molecule has 12 heteroatoms. The van der Waals surface area contributed by atoms with Crippen LogP contribution in [0.25, 0.3) is 0 Å². The number of amides is 1. The summed E-state index contributed by atoms with van der Waals surface area (Å²) >= 11 is 11.9. The molecule has 2 aromatic carbocycles. The van der Waals surface area contributed by atoms with E-state index in [1.165, 1.54) is 12.1 Å². The predicted molar refractivity (Wildman–Crippen MR) is 98.8 cm³/mol. The monoisotopic (exact) mass is 473 g/mol. The van der Waals surface area contributed by atoms with E-state index in [0.29, 0.717) is 16.5 Å². The van der Waals surface area contributed by atoms with Gasteiger partial charge in [0.1, 0.15) is 23.9 Å². The summed E-state index contributed by atoms with van der Waals surface area (Å²) in [5.41, 5.74) is 0. The zero-order valence-corrected chi connectivity index (χ0v) is 16.5. The molecule has 0 unspecified atom stereocenters. The summed E-state index contributed by atoms with van der Waals surface area (Å²) in [6.07, 6.45) is -7.26. The molecule has 0 aliphatic rings. The van der Waals surface area contributed by atoms with E-state index in [1.54, 1.807) is 30.3 Å². The summed E-state index contributed by atoms with van der Waals surface area (Å²) in [6.45, 7) is -2.50. The highest BCUT2D eigenvalue weighted by molar-refractivity contribution is 6.32. The fourth-order valence-corrected chi connectivity index (χ4v) is 2.34. The lowest BCUT2D eigenvalue weighted by Gasteiger charge is -2.19. The van der Waals surface area contributed by atoms with Crippen LogP contribution in [0.2, 0.25) is 10.0 Å². The first-order chi connectivity index (χ1) is 14.0.